The molecule has 1 aromatic heterocycles. The van der Waals surface area contributed by atoms with E-state index in [1.807, 2.05) is 12.3 Å². The van der Waals surface area contributed by atoms with E-state index in [4.69, 9.17) is 11.6 Å². The Balaban J connectivity index is 2.23. The first-order valence-corrected chi connectivity index (χ1v) is 6.73. The van der Waals surface area contributed by atoms with Gasteiger partial charge in [0.05, 0.1) is 10.7 Å². The SMILES string of the molecule is CCC1CN(c2ccncc2Cl)C(CC)CN1. The van der Waals surface area contributed by atoms with Gasteiger partial charge in [-0.1, -0.05) is 25.4 Å². The zero-order valence-corrected chi connectivity index (χ0v) is 11.2. The van der Waals surface area contributed by atoms with Gasteiger partial charge in [0.25, 0.3) is 0 Å². The molecule has 0 aliphatic carbocycles. The molecule has 2 rings (SSSR count). The van der Waals surface area contributed by atoms with Crippen molar-refractivity contribution in [2.75, 3.05) is 18.0 Å². The van der Waals surface area contributed by atoms with Crippen molar-refractivity contribution < 1.29 is 0 Å². The van der Waals surface area contributed by atoms with Crippen LogP contribution in [0.3, 0.4) is 0 Å². The Hall–Kier alpha value is -0.800. The molecule has 2 atom stereocenters. The monoisotopic (exact) mass is 253 g/mol. The molecule has 94 valence electrons. The van der Waals surface area contributed by atoms with Crippen molar-refractivity contribution in [1.29, 1.82) is 0 Å². The van der Waals surface area contributed by atoms with Crippen molar-refractivity contribution in [3.63, 3.8) is 0 Å². The standard InChI is InChI=1S/C13H20ClN3/c1-3-10-9-17(11(4-2)7-16-10)13-5-6-15-8-12(13)14/h5-6,8,10-11,16H,3-4,7,9H2,1-2H3. The van der Waals surface area contributed by atoms with Gasteiger partial charge in [-0.05, 0) is 18.9 Å². The molecule has 1 aromatic rings. The van der Waals surface area contributed by atoms with Crippen LogP contribution in [0.4, 0.5) is 5.69 Å². The highest BCUT2D eigenvalue weighted by molar-refractivity contribution is 6.33. The van der Waals surface area contributed by atoms with Gasteiger partial charge in [-0.15, -0.1) is 0 Å². The van der Waals surface area contributed by atoms with Crippen molar-refractivity contribution >= 4 is 17.3 Å². The number of nitrogens with one attached hydrogen (secondary N) is 1. The van der Waals surface area contributed by atoms with Crippen LogP contribution < -0.4 is 10.2 Å². The maximum Gasteiger partial charge on any atom is 0.0822 e. The van der Waals surface area contributed by atoms with Crippen molar-refractivity contribution in [2.24, 2.45) is 0 Å². The van der Waals surface area contributed by atoms with Crippen LogP contribution in [0.15, 0.2) is 18.5 Å². The van der Waals surface area contributed by atoms with E-state index in [0.717, 1.165) is 36.6 Å². The maximum atomic E-state index is 6.25. The van der Waals surface area contributed by atoms with E-state index in [0.29, 0.717) is 12.1 Å². The van der Waals surface area contributed by atoms with Crippen LogP contribution in [-0.4, -0.2) is 30.2 Å². The van der Waals surface area contributed by atoms with Crippen LogP contribution in [0.1, 0.15) is 26.7 Å². The molecule has 4 heteroatoms. The molecule has 1 fully saturated rings. The zero-order chi connectivity index (χ0) is 12.3. The number of rotatable bonds is 3. The Morgan fingerprint density at radius 2 is 2.29 bits per heavy atom. The molecule has 0 amide bonds. The lowest BCUT2D eigenvalue weighted by Gasteiger charge is -2.41. The number of hydrogen-bond donors (Lipinski definition) is 1. The molecule has 1 saturated heterocycles. The summed E-state index contributed by atoms with van der Waals surface area (Å²) in [5.41, 5.74) is 1.12. The van der Waals surface area contributed by atoms with Gasteiger partial charge >= 0.3 is 0 Å². The molecule has 1 N–H and O–H groups in total. The summed E-state index contributed by atoms with van der Waals surface area (Å²) >= 11 is 6.25. The number of piperazine rings is 1. The van der Waals surface area contributed by atoms with Gasteiger partial charge in [-0.2, -0.15) is 0 Å². The fourth-order valence-electron chi connectivity index (χ4n) is 2.40. The molecule has 2 heterocycles. The second-order valence-electron chi connectivity index (χ2n) is 4.55. The van der Waals surface area contributed by atoms with Gasteiger partial charge in [-0.25, -0.2) is 0 Å². The minimum absolute atomic E-state index is 0.526. The van der Waals surface area contributed by atoms with Gasteiger partial charge in [0, 0.05) is 37.6 Å². The molecule has 3 nitrogen and oxygen atoms in total. The maximum absolute atomic E-state index is 6.25. The third-order valence-corrected chi connectivity index (χ3v) is 3.82. The quantitative estimate of drug-likeness (QED) is 0.898. The van der Waals surface area contributed by atoms with E-state index in [9.17, 15) is 0 Å². The average Bonchev–Trinajstić information content (AvgIpc) is 2.38. The van der Waals surface area contributed by atoms with Gasteiger partial charge in [0.1, 0.15) is 0 Å². The minimum atomic E-state index is 0.526. The first-order chi connectivity index (χ1) is 8.26. The van der Waals surface area contributed by atoms with E-state index >= 15 is 0 Å². The third kappa shape index (κ3) is 2.72. The molecule has 2 unspecified atom stereocenters. The van der Waals surface area contributed by atoms with E-state index < -0.39 is 0 Å². The van der Waals surface area contributed by atoms with Crippen molar-refractivity contribution in [3.8, 4) is 0 Å². The third-order valence-electron chi connectivity index (χ3n) is 3.52. The molecular formula is C13H20ClN3. The van der Waals surface area contributed by atoms with Crippen LogP contribution in [-0.2, 0) is 0 Å². The molecular weight excluding hydrogens is 234 g/mol. The number of anilines is 1. The molecule has 17 heavy (non-hydrogen) atoms. The Morgan fingerprint density at radius 1 is 1.47 bits per heavy atom. The second kappa shape index (κ2) is 5.69. The number of pyridine rings is 1. The highest BCUT2D eigenvalue weighted by Crippen LogP contribution is 2.28. The van der Waals surface area contributed by atoms with Gasteiger partial charge < -0.3 is 10.2 Å². The first-order valence-electron chi connectivity index (χ1n) is 6.35. The molecule has 1 aliphatic heterocycles. The van der Waals surface area contributed by atoms with Crippen LogP contribution in [0.2, 0.25) is 5.02 Å². The van der Waals surface area contributed by atoms with Crippen molar-refractivity contribution in [3.05, 3.63) is 23.5 Å². The first kappa shape index (κ1) is 12.7. The highest BCUT2D eigenvalue weighted by atomic mass is 35.5. The second-order valence-corrected chi connectivity index (χ2v) is 4.96. The molecule has 0 bridgehead atoms. The molecule has 0 spiro atoms. The number of nitrogens with zero attached hydrogens (tertiary/aromatic N) is 2. The largest absolute Gasteiger partial charge is 0.364 e. The average molecular weight is 254 g/mol. The molecule has 0 aromatic carbocycles. The summed E-state index contributed by atoms with van der Waals surface area (Å²) < 4.78 is 0. The molecule has 0 radical (unpaired) electrons. The number of aromatic nitrogens is 1. The lowest BCUT2D eigenvalue weighted by molar-refractivity contribution is 0.379. The predicted octanol–water partition coefficient (Wildman–Crippen LogP) is 2.70. The lowest BCUT2D eigenvalue weighted by atomic mass is 10.0. The summed E-state index contributed by atoms with van der Waals surface area (Å²) in [5.74, 6) is 0. The zero-order valence-electron chi connectivity index (χ0n) is 10.5. The van der Waals surface area contributed by atoms with E-state index in [1.165, 1.54) is 0 Å². The Kier molecular flexibility index (Phi) is 4.24. The van der Waals surface area contributed by atoms with Gasteiger partial charge in [0.15, 0.2) is 0 Å². The number of halogens is 1. The fraction of sp³-hybridized carbons (Fsp3) is 0.615. The van der Waals surface area contributed by atoms with Crippen molar-refractivity contribution in [1.82, 2.24) is 10.3 Å². The van der Waals surface area contributed by atoms with Gasteiger partial charge in [0.2, 0.25) is 0 Å². The van der Waals surface area contributed by atoms with Crippen LogP contribution >= 0.6 is 11.6 Å². The topological polar surface area (TPSA) is 28.2 Å². The fourth-order valence-corrected chi connectivity index (χ4v) is 2.63. The smallest absolute Gasteiger partial charge is 0.0822 e. The Labute approximate surface area is 108 Å². The van der Waals surface area contributed by atoms with Crippen LogP contribution in [0.25, 0.3) is 0 Å². The minimum Gasteiger partial charge on any atom is -0.364 e. The van der Waals surface area contributed by atoms with Crippen molar-refractivity contribution in [2.45, 2.75) is 38.8 Å². The predicted molar refractivity (Wildman–Crippen MR) is 72.8 cm³/mol. The van der Waals surface area contributed by atoms with Gasteiger partial charge in [-0.3, -0.25) is 4.98 Å². The number of hydrogen-bond acceptors (Lipinski definition) is 3. The summed E-state index contributed by atoms with van der Waals surface area (Å²) in [5, 5.41) is 4.34. The summed E-state index contributed by atoms with van der Waals surface area (Å²) in [4.78, 5) is 6.48. The van der Waals surface area contributed by atoms with E-state index in [1.54, 1.807) is 6.20 Å². The molecule has 0 saturated carbocycles. The van der Waals surface area contributed by atoms with E-state index in [-0.39, 0.29) is 0 Å². The highest BCUT2D eigenvalue weighted by Gasteiger charge is 2.27. The summed E-state index contributed by atoms with van der Waals surface area (Å²) in [7, 11) is 0. The Morgan fingerprint density at radius 3 is 2.94 bits per heavy atom. The van der Waals surface area contributed by atoms with Crippen LogP contribution in [0.5, 0.6) is 0 Å². The van der Waals surface area contributed by atoms with Crippen LogP contribution in [0, 0.1) is 0 Å². The summed E-state index contributed by atoms with van der Waals surface area (Å²) in [6.45, 7) is 6.50. The normalized spacial score (nSPS) is 25.0. The lowest BCUT2D eigenvalue weighted by Crippen LogP contribution is -2.56. The summed E-state index contributed by atoms with van der Waals surface area (Å²) in [6, 6.07) is 3.10. The van der Waals surface area contributed by atoms with E-state index in [2.05, 4.69) is 29.0 Å². The Bertz CT molecular complexity index is 369. The molecule has 1 aliphatic rings. The summed E-state index contributed by atoms with van der Waals surface area (Å²) in [6.07, 6.45) is 5.82.